The van der Waals surface area contributed by atoms with E-state index in [-0.39, 0.29) is 22.1 Å². The van der Waals surface area contributed by atoms with Crippen molar-refractivity contribution in [3.63, 3.8) is 0 Å². The van der Waals surface area contributed by atoms with Crippen LogP contribution in [0.5, 0.6) is 11.5 Å². The second kappa shape index (κ2) is 10.1. The van der Waals surface area contributed by atoms with E-state index in [2.05, 4.69) is 26.0 Å². The summed E-state index contributed by atoms with van der Waals surface area (Å²) in [5.41, 5.74) is 1.16. The Morgan fingerprint density at radius 3 is 2.55 bits per heavy atom. The Kier molecular flexibility index (Phi) is 7.39. The standard InChI is InChI=1S/C22H18BrClN2O7/c1-11-6-13(4-5-15(11)23)26-21(29)14(20(28)25-22(26)30)7-12-8-16(24)19(17(9-12)31-2)33-10-18(27)32-3/h4-9H,10H2,1-3H3,(H,25,28,30)/b14-7+. The van der Waals surface area contributed by atoms with Gasteiger partial charge in [0, 0.05) is 4.47 Å². The van der Waals surface area contributed by atoms with Crippen LogP contribution in [-0.2, 0) is 19.1 Å². The minimum atomic E-state index is -0.856. The molecule has 4 amide bonds. The maximum Gasteiger partial charge on any atom is 0.343 e. The number of anilines is 1. The summed E-state index contributed by atoms with van der Waals surface area (Å²) in [6.07, 6.45) is 1.28. The van der Waals surface area contributed by atoms with Crippen LogP contribution < -0.4 is 19.7 Å². The fourth-order valence-corrected chi connectivity index (χ4v) is 3.50. The van der Waals surface area contributed by atoms with Crippen molar-refractivity contribution in [1.29, 1.82) is 0 Å². The monoisotopic (exact) mass is 536 g/mol. The van der Waals surface area contributed by atoms with Crippen LogP contribution >= 0.6 is 27.5 Å². The van der Waals surface area contributed by atoms with E-state index in [0.29, 0.717) is 11.3 Å². The molecule has 2 aromatic carbocycles. The van der Waals surface area contributed by atoms with E-state index in [1.165, 1.54) is 32.4 Å². The van der Waals surface area contributed by atoms with E-state index >= 15 is 0 Å². The van der Waals surface area contributed by atoms with Crippen LogP contribution in [-0.4, -0.2) is 44.6 Å². The van der Waals surface area contributed by atoms with Gasteiger partial charge in [-0.25, -0.2) is 14.5 Å². The van der Waals surface area contributed by atoms with Crippen LogP contribution in [0.1, 0.15) is 11.1 Å². The summed E-state index contributed by atoms with van der Waals surface area (Å²) in [5, 5.41) is 2.24. The van der Waals surface area contributed by atoms with Gasteiger partial charge in [0.25, 0.3) is 11.8 Å². The number of urea groups is 1. The normalized spacial score (nSPS) is 14.9. The van der Waals surface area contributed by atoms with Gasteiger partial charge < -0.3 is 14.2 Å². The maximum absolute atomic E-state index is 13.1. The first-order valence-electron chi connectivity index (χ1n) is 9.41. The average Bonchev–Trinajstić information content (AvgIpc) is 2.77. The zero-order valence-corrected chi connectivity index (χ0v) is 20.1. The molecule has 0 spiro atoms. The van der Waals surface area contributed by atoms with Crippen molar-refractivity contribution in [2.24, 2.45) is 0 Å². The van der Waals surface area contributed by atoms with E-state index in [1.807, 2.05) is 0 Å². The van der Waals surface area contributed by atoms with E-state index in [0.717, 1.165) is 14.9 Å². The molecule has 1 N–H and O–H groups in total. The number of imide groups is 2. The molecule has 1 heterocycles. The molecule has 0 bridgehead atoms. The fourth-order valence-electron chi connectivity index (χ4n) is 2.98. The largest absolute Gasteiger partial charge is 0.493 e. The van der Waals surface area contributed by atoms with Gasteiger partial charge in [-0.3, -0.25) is 14.9 Å². The molecule has 0 aromatic heterocycles. The number of amides is 4. The molecule has 1 fully saturated rings. The number of aryl methyl sites for hydroxylation is 1. The summed E-state index contributed by atoms with van der Waals surface area (Å²) in [5.74, 6) is -2.01. The lowest BCUT2D eigenvalue weighted by atomic mass is 10.1. The van der Waals surface area contributed by atoms with Gasteiger partial charge in [0.15, 0.2) is 18.1 Å². The summed E-state index contributed by atoms with van der Waals surface area (Å²) >= 11 is 9.64. The second-order valence-electron chi connectivity index (χ2n) is 6.79. The van der Waals surface area contributed by atoms with Gasteiger partial charge >= 0.3 is 12.0 Å². The number of nitrogens with zero attached hydrogens (tertiary/aromatic N) is 1. The molecule has 9 nitrogen and oxygen atoms in total. The van der Waals surface area contributed by atoms with E-state index in [9.17, 15) is 19.2 Å². The van der Waals surface area contributed by atoms with Crippen molar-refractivity contribution in [2.75, 3.05) is 25.7 Å². The summed E-state index contributed by atoms with van der Waals surface area (Å²) in [6.45, 7) is 1.41. The van der Waals surface area contributed by atoms with Crippen LogP contribution in [0.3, 0.4) is 0 Å². The van der Waals surface area contributed by atoms with Crippen LogP contribution in [0.4, 0.5) is 10.5 Å². The van der Waals surface area contributed by atoms with Crippen molar-refractivity contribution in [1.82, 2.24) is 5.32 Å². The number of nitrogens with one attached hydrogen (secondary N) is 1. The minimum absolute atomic E-state index is 0.0743. The van der Waals surface area contributed by atoms with Gasteiger partial charge in [0.2, 0.25) is 0 Å². The summed E-state index contributed by atoms with van der Waals surface area (Å²) < 4.78 is 15.9. The molecule has 1 aliphatic rings. The van der Waals surface area contributed by atoms with Crippen LogP contribution in [0.2, 0.25) is 5.02 Å². The topological polar surface area (TPSA) is 111 Å². The molecule has 172 valence electrons. The first kappa shape index (κ1) is 24.3. The highest BCUT2D eigenvalue weighted by Crippen LogP contribution is 2.37. The van der Waals surface area contributed by atoms with Crippen molar-refractivity contribution in [3.8, 4) is 11.5 Å². The predicted molar refractivity (Wildman–Crippen MR) is 123 cm³/mol. The number of ether oxygens (including phenoxy) is 3. The number of methoxy groups -OCH3 is 2. The van der Waals surface area contributed by atoms with Gasteiger partial charge in [-0.15, -0.1) is 0 Å². The average molecular weight is 538 g/mol. The Hall–Kier alpha value is -3.37. The molecule has 2 aromatic rings. The zero-order chi connectivity index (χ0) is 24.3. The SMILES string of the molecule is COC(=O)COc1c(Cl)cc(/C=C2\C(=O)NC(=O)N(c3ccc(Br)c(C)c3)C2=O)cc1OC. The molecule has 1 saturated heterocycles. The lowest BCUT2D eigenvalue weighted by molar-refractivity contribution is -0.143. The second-order valence-corrected chi connectivity index (χ2v) is 8.05. The quantitative estimate of drug-likeness (QED) is 0.340. The fraction of sp³-hybridized carbons (Fsp3) is 0.182. The molecule has 33 heavy (non-hydrogen) atoms. The van der Waals surface area contributed by atoms with Gasteiger partial charge in [0.05, 0.1) is 24.9 Å². The third-order valence-corrected chi connectivity index (χ3v) is 5.80. The lowest BCUT2D eigenvalue weighted by Crippen LogP contribution is -2.54. The molecule has 0 radical (unpaired) electrons. The first-order valence-corrected chi connectivity index (χ1v) is 10.6. The smallest absolute Gasteiger partial charge is 0.343 e. The van der Waals surface area contributed by atoms with Crippen molar-refractivity contribution in [3.05, 3.63) is 56.5 Å². The molecule has 0 atom stereocenters. The number of carbonyl (C=O) groups excluding carboxylic acids is 4. The lowest BCUT2D eigenvalue weighted by Gasteiger charge is -2.26. The summed E-state index contributed by atoms with van der Waals surface area (Å²) in [7, 11) is 2.58. The number of carbonyl (C=O) groups is 4. The van der Waals surface area contributed by atoms with Crippen LogP contribution in [0.15, 0.2) is 40.4 Å². The van der Waals surface area contributed by atoms with Crippen LogP contribution in [0, 0.1) is 6.92 Å². The van der Waals surface area contributed by atoms with Gasteiger partial charge in [0.1, 0.15) is 5.57 Å². The Balaban J connectivity index is 1.98. The number of barbiturate groups is 1. The third kappa shape index (κ3) is 5.18. The van der Waals surface area contributed by atoms with Crippen LogP contribution in [0.25, 0.3) is 6.08 Å². The Bertz CT molecular complexity index is 1200. The number of hydrogen-bond donors (Lipinski definition) is 1. The van der Waals surface area contributed by atoms with E-state index in [1.54, 1.807) is 25.1 Å². The maximum atomic E-state index is 13.1. The molecular weight excluding hydrogens is 520 g/mol. The third-order valence-electron chi connectivity index (χ3n) is 4.63. The van der Waals surface area contributed by atoms with Crippen molar-refractivity contribution < 1.29 is 33.4 Å². The summed E-state index contributed by atoms with van der Waals surface area (Å²) in [4.78, 5) is 50.2. The number of hydrogen-bond acceptors (Lipinski definition) is 7. The van der Waals surface area contributed by atoms with Gasteiger partial charge in [-0.2, -0.15) is 0 Å². The van der Waals surface area contributed by atoms with Gasteiger partial charge in [-0.1, -0.05) is 27.5 Å². The molecule has 0 aliphatic carbocycles. The number of esters is 1. The predicted octanol–water partition coefficient (Wildman–Crippen LogP) is 3.64. The molecular formula is C22H18BrClN2O7. The molecule has 11 heteroatoms. The number of benzene rings is 2. The highest BCUT2D eigenvalue weighted by molar-refractivity contribution is 9.10. The molecule has 3 rings (SSSR count). The Morgan fingerprint density at radius 2 is 1.91 bits per heavy atom. The number of halogens is 2. The first-order chi connectivity index (χ1) is 15.7. The molecule has 0 unspecified atom stereocenters. The zero-order valence-electron chi connectivity index (χ0n) is 17.7. The van der Waals surface area contributed by atoms with E-state index in [4.69, 9.17) is 21.1 Å². The highest BCUT2D eigenvalue weighted by atomic mass is 79.9. The Labute approximate surface area is 202 Å². The summed E-state index contributed by atoms with van der Waals surface area (Å²) in [6, 6.07) is 6.96. The van der Waals surface area contributed by atoms with E-state index < -0.39 is 30.4 Å². The highest BCUT2D eigenvalue weighted by Gasteiger charge is 2.37. The molecule has 1 aliphatic heterocycles. The van der Waals surface area contributed by atoms with Gasteiger partial charge in [-0.05, 0) is 54.5 Å². The van der Waals surface area contributed by atoms with Crippen molar-refractivity contribution in [2.45, 2.75) is 6.92 Å². The minimum Gasteiger partial charge on any atom is -0.493 e. The van der Waals surface area contributed by atoms with Crippen molar-refractivity contribution >= 4 is 63.1 Å². The number of rotatable bonds is 6. The molecule has 0 saturated carbocycles. The Morgan fingerprint density at radius 1 is 1.18 bits per heavy atom.